The van der Waals surface area contributed by atoms with Crippen molar-refractivity contribution in [3.8, 4) is 11.8 Å². The molecule has 2 aliphatic rings. The third-order valence-corrected chi connectivity index (χ3v) is 4.73. The van der Waals surface area contributed by atoms with Crippen molar-refractivity contribution in [3.63, 3.8) is 0 Å². The van der Waals surface area contributed by atoms with E-state index in [9.17, 15) is 5.26 Å². The molecule has 132 valence electrons. The Morgan fingerprint density at radius 3 is 2.81 bits per heavy atom. The normalized spacial score (nSPS) is 18.3. The molecule has 0 amide bonds. The molecule has 0 atom stereocenters. The Balaban J connectivity index is 1.64. The fraction of sp³-hybridized carbons (Fsp3) is 0.350. The van der Waals surface area contributed by atoms with Gasteiger partial charge in [-0.1, -0.05) is 31.4 Å². The zero-order chi connectivity index (χ0) is 17.9. The number of hydrogen-bond donors (Lipinski definition) is 2. The van der Waals surface area contributed by atoms with Crippen LogP contribution in [0.5, 0.6) is 5.75 Å². The summed E-state index contributed by atoms with van der Waals surface area (Å²) in [5.74, 6) is 1.70. The molecule has 1 aromatic heterocycles. The van der Waals surface area contributed by atoms with E-state index < -0.39 is 0 Å². The van der Waals surface area contributed by atoms with Gasteiger partial charge in [0.1, 0.15) is 11.6 Å². The number of benzene rings is 1. The second kappa shape index (κ2) is 7.04. The molecule has 0 spiro atoms. The molecule has 2 N–H and O–H groups in total. The van der Waals surface area contributed by atoms with E-state index in [0.29, 0.717) is 34.9 Å². The molecule has 26 heavy (non-hydrogen) atoms. The number of nitriles is 1. The minimum atomic E-state index is 0.374. The number of fused-ring (bicyclic) bond motifs is 1. The summed E-state index contributed by atoms with van der Waals surface area (Å²) in [4.78, 5) is 9.08. The van der Waals surface area contributed by atoms with Crippen LogP contribution in [0.1, 0.15) is 43.5 Å². The first-order valence-corrected chi connectivity index (χ1v) is 9.04. The Morgan fingerprint density at radius 2 is 2.04 bits per heavy atom. The van der Waals surface area contributed by atoms with Crippen LogP contribution in [-0.4, -0.2) is 16.0 Å². The molecule has 1 saturated carbocycles. The highest BCUT2D eigenvalue weighted by atomic mass is 16.5. The van der Waals surface area contributed by atoms with Gasteiger partial charge >= 0.3 is 0 Å². The molecule has 0 radical (unpaired) electrons. The van der Waals surface area contributed by atoms with Crippen LogP contribution in [0.2, 0.25) is 0 Å². The van der Waals surface area contributed by atoms with Crippen LogP contribution < -0.4 is 15.4 Å². The zero-order valence-corrected chi connectivity index (χ0v) is 14.7. The monoisotopic (exact) mass is 347 g/mol. The highest BCUT2D eigenvalue weighted by molar-refractivity contribution is 5.82. The number of nitrogens with zero attached hydrogens (tertiary/aromatic N) is 3. The van der Waals surface area contributed by atoms with E-state index in [1.54, 1.807) is 0 Å². The molecule has 6 heteroatoms. The maximum absolute atomic E-state index is 9.71. The molecule has 4 rings (SSSR count). The van der Waals surface area contributed by atoms with Gasteiger partial charge in [0.05, 0.1) is 11.4 Å². The highest BCUT2D eigenvalue weighted by Crippen LogP contribution is 2.35. The summed E-state index contributed by atoms with van der Waals surface area (Å²) in [5, 5.41) is 16.3. The Kier molecular flexibility index (Phi) is 4.44. The van der Waals surface area contributed by atoms with Gasteiger partial charge in [0.25, 0.3) is 0 Å². The van der Waals surface area contributed by atoms with Crippen molar-refractivity contribution in [2.45, 2.75) is 45.1 Å². The lowest BCUT2D eigenvalue weighted by atomic mass is 9.96. The molecular weight excluding hydrogens is 326 g/mol. The molecule has 0 saturated heterocycles. The van der Waals surface area contributed by atoms with E-state index in [-0.39, 0.29) is 0 Å². The largest absolute Gasteiger partial charge is 0.437 e. The summed E-state index contributed by atoms with van der Waals surface area (Å²) in [6.45, 7) is 1.91. The first-order valence-electron chi connectivity index (χ1n) is 9.04. The average molecular weight is 347 g/mol. The maximum atomic E-state index is 9.71. The van der Waals surface area contributed by atoms with Gasteiger partial charge in [0.2, 0.25) is 11.8 Å². The molecule has 0 unspecified atom stereocenters. The highest BCUT2D eigenvalue weighted by Gasteiger charge is 2.23. The van der Waals surface area contributed by atoms with Crippen LogP contribution in [0.3, 0.4) is 0 Å². The first-order chi connectivity index (χ1) is 12.7. The number of anilines is 2. The number of allylic oxidation sites excluding steroid dienone is 1. The molecule has 6 nitrogen and oxygen atoms in total. The number of para-hydroxylation sites is 2. The molecule has 0 bridgehead atoms. The van der Waals surface area contributed by atoms with E-state index >= 15 is 0 Å². The van der Waals surface area contributed by atoms with E-state index in [1.807, 2.05) is 37.3 Å². The SMILES string of the molecule is Cc1cc(C(C#N)=C2Nc3ccccc3O2)nc(NC2CCCCC2)n1. The van der Waals surface area contributed by atoms with Gasteiger partial charge in [-0.25, -0.2) is 9.97 Å². The molecule has 2 heterocycles. The molecule has 1 aliphatic heterocycles. The zero-order valence-electron chi connectivity index (χ0n) is 14.7. The molecule has 1 fully saturated rings. The molecule has 1 aromatic carbocycles. The fourth-order valence-corrected chi connectivity index (χ4v) is 3.45. The third kappa shape index (κ3) is 3.33. The summed E-state index contributed by atoms with van der Waals surface area (Å²) in [7, 11) is 0. The quantitative estimate of drug-likeness (QED) is 0.809. The van der Waals surface area contributed by atoms with E-state index in [0.717, 1.165) is 24.2 Å². The summed E-state index contributed by atoms with van der Waals surface area (Å²) in [6, 6.07) is 12.0. The number of nitrogens with one attached hydrogen (secondary N) is 2. The van der Waals surface area contributed by atoms with Crippen LogP contribution >= 0.6 is 0 Å². The lowest BCUT2D eigenvalue weighted by Crippen LogP contribution is -2.24. The van der Waals surface area contributed by atoms with Gasteiger partial charge in [-0.3, -0.25) is 0 Å². The molecule has 2 aromatic rings. The Labute approximate surface area is 152 Å². The summed E-state index contributed by atoms with van der Waals surface area (Å²) in [5.41, 5.74) is 2.60. The predicted octanol–water partition coefficient (Wildman–Crippen LogP) is 4.23. The van der Waals surface area contributed by atoms with Gasteiger partial charge < -0.3 is 15.4 Å². The lowest BCUT2D eigenvalue weighted by Gasteiger charge is -2.23. The lowest BCUT2D eigenvalue weighted by molar-refractivity contribution is 0.459. The Bertz CT molecular complexity index is 866. The van der Waals surface area contributed by atoms with E-state index in [1.165, 1.54) is 19.3 Å². The van der Waals surface area contributed by atoms with Crippen molar-refractivity contribution in [2.24, 2.45) is 0 Å². The van der Waals surface area contributed by atoms with Gasteiger partial charge in [0.15, 0.2) is 5.75 Å². The average Bonchev–Trinajstić information content (AvgIpc) is 3.06. The topological polar surface area (TPSA) is 82.9 Å². The van der Waals surface area contributed by atoms with Crippen molar-refractivity contribution in [2.75, 3.05) is 10.6 Å². The minimum Gasteiger partial charge on any atom is -0.437 e. The van der Waals surface area contributed by atoms with Gasteiger partial charge in [-0.2, -0.15) is 5.26 Å². The van der Waals surface area contributed by atoms with Gasteiger partial charge in [-0.15, -0.1) is 0 Å². The molecular formula is C20H21N5O. The van der Waals surface area contributed by atoms with Crippen molar-refractivity contribution in [1.29, 1.82) is 5.26 Å². The van der Waals surface area contributed by atoms with Crippen LogP contribution in [0.15, 0.2) is 36.2 Å². The fourth-order valence-electron chi connectivity index (χ4n) is 3.45. The first kappa shape index (κ1) is 16.4. The number of ether oxygens (including phenoxy) is 1. The van der Waals surface area contributed by atoms with E-state index in [2.05, 4.69) is 26.7 Å². The Hall–Kier alpha value is -3.07. The smallest absolute Gasteiger partial charge is 0.223 e. The minimum absolute atomic E-state index is 0.374. The summed E-state index contributed by atoms with van der Waals surface area (Å²) >= 11 is 0. The van der Waals surface area contributed by atoms with Crippen LogP contribution in [0.25, 0.3) is 5.57 Å². The third-order valence-electron chi connectivity index (χ3n) is 4.73. The van der Waals surface area contributed by atoms with Crippen LogP contribution in [0, 0.1) is 18.3 Å². The second-order valence-electron chi connectivity index (χ2n) is 6.74. The van der Waals surface area contributed by atoms with Crippen LogP contribution in [-0.2, 0) is 0 Å². The van der Waals surface area contributed by atoms with Crippen LogP contribution in [0.4, 0.5) is 11.6 Å². The second-order valence-corrected chi connectivity index (χ2v) is 6.74. The van der Waals surface area contributed by atoms with Crippen molar-refractivity contribution < 1.29 is 4.74 Å². The predicted molar refractivity (Wildman–Crippen MR) is 100 cm³/mol. The van der Waals surface area contributed by atoms with Crippen molar-refractivity contribution in [3.05, 3.63) is 47.6 Å². The number of rotatable bonds is 3. The Morgan fingerprint density at radius 1 is 1.23 bits per heavy atom. The van der Waals surface area contributed by atoms with Gasteiger partial charge in [0, 0.05) is 11.7 Å². The van der Waals surface area contributed by atoms with E-state index in [4.69, 9.17) is 4.74 Å². The van der Waals surface area contributed by atoms with Crippen molar-refractivity contribution in [1.82, 2.24) is 9.97 Å². The number of aryl methyl sites for hydroxylation is 1. The van der Waals surface area contributed by atoms with Crippen molar-refractivity contribution >= 4 is 17.2 Å². The summed E-state index contributed by atoms with van der Waals surface area (Å²) in [6.07, 6.45) is 6.05. The standard InChI is InChI=1S/C20H21N5O/c1-13-11-17(25-20(22-13)23-14-7-3-2-4-8-14)15(12-21)19-24-16-9-5-6-10-18(16)26-19/h5-6,9-11,14,24H,2-4,7-8H2,1H3,(H,22,23,25). The van der Waals surface area contributed by atoms with Gasteiger partial charge in [-0.05, 0) is 38.0 Å². The maximum Gasteiger partial charge on any atom is 0.223 e. The number of aromatic nitrogens is 2. The molecule has 1 aliphatic carbocycles. The summed E-state index contributed by atoms with van der Waals surface area (Å²) < 4.78 is 5.81. The number of hydrogen-bond acceptors (Lipinski definition) is 6.